The monoisotopic (exact) mass is 328 g/mol. The number of nitriles is 1. The molecule has 0 bridgehead atoms. The predicted octanol–water partition coefficient (Wildman–Crippen LogP) is 3.14. The molecule has 0 unspecified atom stereocenters. The molecule has 0 fully saturated rings. The third-order valence-corrected chi connectivity index (χ3v) is 3.36. The molecule has 1 aromatic heterocycles. The first-order valence-corrected chi connectivity index (χ1v) is 7.44. The summed E-state index contributed by atoms with van der Waals surface area (Å²) in [5.41, 5.74) is 6.09. The largest absolute Gasteiger partial charge is 0.445 e. The Morgan fingerprint density at radius 1 is 1.42 bits per heavy atom. The number of nitrogens with zero attached hydrogens (tertiary/aromatic N) is 2. The second kappa shape index (κ2) is 7.04. The van der Waals surface area contributed by atoms with E-state index in [2.05, 4.69) is 10.3 Å². The van der Waals surface area contributed by atoms with Gasteiger partial charge in [-0.05, 0) is 11.0 Å². The number of hydrogen-bond acceptors (Lipinski definition) is 6. The lowest BCUT2D eigenvalue weighted by Crippen LogP contribution is -2.37. The molecule has 126 valence electrons. The van der Waals surface area contributed by atoms with Gasteiger partial charge in [-0.3, -0.25) is 0 Å². The van der Waals surface area contributed by atoms with Crippen LogP contribution in [0.2, 0.25) is 0 Å². The summed E-state index contributed by atoms with van der Waals surface area (Å²) in [5, 5.41) is 11.7. The van der Waals surface area contributed by atoms with Crippen molar-refractivity contribution in [2.45, 2.75) is 33.4 Å². The number of rotatable bonds is 4. The van der Waals surface area contributed by atoms with Crippen LogP contribution in [0.4, 0.5) is 10.6 Å². The summed E-state index contributed by atoms with van der Waals surface area (Å²) in [7, 11) is 0. The standard InChI is InChI=1S/C17H20N4O3/c1-17(2,3)13(15-21-14(19)12(9-18)24-15)20-16(22)23-10-11-7-5-4-6-8-11/h4-8,13H,10,19H2,1-3H3,(H,20,22)/t13-/m1/s1. The molecule has 0 aliphatic carbocycles. The van der Waals surface area contributed by atoms with E-state index in [0.717, 1.165) is 5.56 Å². The molecule has 0 saturated carbocycles. The third-order valence-electron chi connectivity index (χ3n) is 3.36. The van der Waals surface area contributed by atoms with Crippen LogP contribution in [0.5, 0.6) is 0 Å². The number of nitrogen functional groups attached to an aromatic ring is 1. The summed E-state index contributed by atoms with van der Waals surface area (Å²) >= 11 is 0. The zero-order chi connectivity index (χ0) is 17.7. The van der Waals surface area contributed by atoms with Gasteiger partial charge in [0.25, 0.3) is 0 Å². The Morgan fingerprint density at radius 3 is 2.62 bits per heavy atom. The van der Waals surface area contributed by atoms with Gasteiger partial charge in [-0.25, -0.2) is 4.79 Å². The van der Waals surface area contributed by atoms with E-state index >= 15 is 0 Å². The molecule has 24 heavy (non-hydrogen) atoms. The first-order valence-electron chi connectivity index (χ1n) is 7.44. The Morgan fingerprint density at radius 2 is 2.08 bits per heavy atom. The molecule has 3 N–H and O–H groups in total. The highest BCUT2D eigenvalue weighted by atomic mass is 16.5. The van der Waals surface area contributed by atoms with Crippen LogP contribution < -0.4 is 11.1 Å². The number of hydrogen-bond donors (Lipinski definition) is 2. The fourth-order valence-corrected chi connectivity index (χ4v) is 2.08. The quantitative estimate of drug-likeness (QED) is 0.891. The summed E-state index contributed by atoms with van der Waals surface area (Å²) in [6, 6.07) is 10.6. The molecule has 1 amide bonds. The van der Waals surface area contributed by atoms with E-state index in [9.17, 15) is 4.79 Å². The molecule has 0 radical (unpaired) electrons. The maximum absolute atomic E-state index is 12.1. The normalized spacial score (nSPS) is 12.2. The van der Waals surface area contributed by atoms with Crippen molar-refractivity contribution in [3.05, 3.63) is 47.5 Å². The van der Waals surface area contributed by atoms with Gasteiger partial charge in [0.1, 0.15) is 18.7 Å². The molecule has 0 aliphatic heterocycles. The Labute approximate surface area is 140 Å². The molecule has 2 rings (SSSR count). The third kappa shape index (κ3) is 4.26. The van der Waals surface area contributed by atoms with Crippen molar-refractivity contribution in [1.82, 2.24) is 10.3 Å². The molecule has 2 aromatic rings. The van der Waals surface area contributed by atoms with E-state index in [0.29, 0.717) is 0 Å². The van der Waals surface area contributed by atoms with Crippen LogP contribution in [0, 0.1) is 16.7 Å². The Kier molecular flexibility index (Phi) is 5.09. The topological polar surface area (TPSA) is 114 Å². The number of alkyl carbamates (subject to hydrolysis) is 1. The average molecular weight is 328 g/mol. The van der Waals surface area contributed by atoms with Crippen LogP contribution in [0.25, 0.3) is 0 Å². The van der Waals surface area contributed by atoms with Gasteiger partial charge in [-0.1, -0.05) is 51.1 Å². The number of oxazole rings is 1. The van der Waals surface area contributed by atoms with E-state index in [-0.39, 0.29) is 24.1 Å². The lowest BCUT2D eigenvalue weighted by Gasteiger charge is -2.28. The first kappa shape index (κ1) is 17.3. The van der Waals surface area contributed by atoms with Gasteiger partial charge in [-0.15, -0.1) is 0 Å². The van der Waals surface area contributed by atoms with Crippen LogP contribution >= 0.6 is 0 Å². The number of benzene rings is 1. The second-order valence-electron chi connectivity index (χ2n) is 6.38. The lowest BCUT2D eigenvalue weighted by molar-refractivity contribution is 0.121. The summed E-state index contributed by atoms with van der Waals surface area (Å²) in [6.45, 7) is 5.87. The molecule has 1 atom stereocenters. The number of carbonyl (C=O) groups excluding carboxylic acids is 1. The molecular weight excluding hydrogens is 308 g/mol. The molecule has 7 heteroatoms. The number of ether oxygens (including phenoxy) is 1. The van der Waals surface area contributed by atoms with E-state index in [1.165, 1.54) is 0 Å². The summed E-state index contributed by atoms with van der Waals surface area (Å²) in [6.07, 6.45) is -0.603. The molecular formula is C17H20N4O3. The van der Waals surface area contributed by atoms with Crippen molar-refractivity contribution < 1.29 is 13.9 Å². The Balaban J connectivity index is 2.09. The predicted molar refractivity (Wildman–Crippen MR) is 87.6 cm³/mol. The Hall–Kier alpha value is -3.01. The summed E-state index contributed by atoms with van der Waals surface area (Å²) in [4.78, 5) is 16.1. The summed E-state index contributed by atoms with van der Waals surface area (Å²) < 4.78 is 10.6. The van der Waals surface area contributed by atoms with Gasteiger partial charge >= 0.3 is 6.09 Å². The van der Waals surface area contributed by atoms with Crippen LogP contribution in [0.3, 0.4) is 0 Å². The van der Waals surface area contributed by atoms with E-state index in [4.69, 9.17) is 20.1 Å². The first-order chi connectivity index (χ1) is 11.3. The average Bonchev–Trinajstić information content (AvgIpc) is 2.91. The van der Waals surface area contributed by atoms with Crippen LogP contribution in [0.15, 0.2) is 34.7 Å². The number of nitrogens with two attached hydrogens (primary N) is 1. The maximum Gasteiger partial charge on any atom is 0.408 e. The lowest BCUT2D eigenvalue weighted by atomic mass is 9.87. The zero-order valence-electron chi connectivity index (χ0n) is 13.9. The molecule has 0 spiro atoms. The minimum Gasteiger partial charge on any atom is -0.445 e. The second-order valence-corrected chi connectivity index (χ2v) is 6.38. The Bertz CT molecular complexity index is 741. The van der Waals surface area contributed by atoms with Crippen molar-refractivity contribution in [3.8, 4) is 6.07 Å². The number of carbonyl (C=O) groups is 1. The molecule has 0 saturated heterocycles. The maximum atomic E-state index is 12.1. The van der Waals surface area contributed by atoms with Crippen molar-refractivity contribution in [2.24, 2.45) is 5.41 Å². The molecule has 0 aliphatic rings. The van der Waals surface area contributed by atoms with Crippen molar-refractivity contribution >= 4 is 11.9 Å². The highest BCUT2D eigenvalue weighted by Crippen LogP contribution is 2.33. The fraction of sp³-hybridized carbons (Fsp3) is 0.353. The number of amides is 1. The molecule has 7 nitrogen and oxygen atoms in total. The van der Waals surface area contributed by atoms with Gasteiger partial charge < -0.3 is 20.2 Å². The zero-order valence-corrected chi connectivity index (χ0v) is 13.9. The van der Waals surface area contributed by atoms with Crippen LogP contribution in [-0.2, 0) is 11.3 Å². The van der Waals surface area contributed by atoms with Gasteiger partial charge in [0.05, 0.1) is 0 Å². The highest BCUT2D eigenvalue weighted by molar-refractivity contribution is 5.68. The van der Waals surface area contributed by atoms with E-state index in [1.807, 2.05) is 57.2 Å². The van der Waals surface area contributed by atoms with Gasteiger partial charge in [-0.2, -0.15) is 10.2 Å². The van der Waals surface area contributed by atoms with Gasteiger partial charge in [0, 0.05) is 0 Å². The van der Waals surface area contributed by atoms with E-state index < -0.39 is 17.6 Å². The number of aromatic nitrogens is 1. The highest BCUT2D eigenvalue weighted by Gasteiger charge is 2.33. The number of anilines is 1. The summed E-state index contributed by atoms with van der Waals surface area (Å²) in [5.74, 6) is 0.105. The van der Waals surface area contributed by atoms with Crippen molar-refractivity contribution in [1.29, 1.82) is 5.26 Å². The van der Waals surface area contributed by atoms with Crippen LogP contribution in [0.1, 0.15) is 44.0 Å². The molecule has 1 aromatic carbocycles. The van der Waals surface area contributed by atoms with E-state index in [1.54, 1.807) is 0 Å². The fourth-order valence-electron chi connectivity index (χ4n) is 2.08. The number of nitrogens with one attached hydrogen (secondary N) is 1. The van der Waals surface area contributed by atoms with Crippen LogP contribution in [-0.4, -0.2) is 11.1 Å². The van der Waals surface area contributed by atoms with Crippen molar-refractivity contribution in [2.75, 3.05) is 5.73 Å². The molecule has 1 heterocycles. The van der Waals surface area contributed by atoms with Crippen molar-refractivity contribution in [3.63, 3.8) is 0 Å². The van der Waals surface area contributed by atoms with Gasteiger partial charge in [0.15, 0.2) is 5.82 Å². The minimum absolute atomic E-state index is 0.00111. The minimum atomic E-state index is -0.603. The smallest absolute Gasteiger partial charge is 0.408 e. The van der Waals surface area contributed by atoms with Gasteiger partial charge in [0.2, 0.25) is 11.7 Å². The SMILES string of the molecule is CC(C)(C)[C@H](NC(=O)OCc1ccccc1)c1nc(N)c(C#N)o1.